The van der Waals surface area contributed by atoms with Gasteiger partial charge in [-0.05, 0) is 45.7 Å². The van der Waals surface area contributed by atoms with Crippen LogP contribution in [0.25, 0.3) is 0 Å². The Kier molecular flexibility index (Phi) is 30.8. The molecule has 0 aliphatic rings. The molecular weight excluding hydrogens is 640 g/mol. The molecule has 0 aromatic heterocycles. The molecule has 0 bridgehead atoms. The number of thiol groups is 1. The van der Waals surface area contributed by atoms with E-state index in [9.17, 15) is 29.4 Å². The number of carbonyl (C=O) groups excluding carboxylic acids is 4. The third-order valence-electron chi connectivity index (χ3n) is 7.43. The standard InChI is InChI=1S/C35H66N2O10S/c1-5-7-9-11-13-15-18-33(41)45-28-31(27-44-32(40)17-14-12-10-8-6-2)47-35(43)20-23-37(29-48-24-16-21-36(3)4)22-19-34(42)46-30(25-38)26-39/h29-31,38-39,48H,5-28H2,1-4H3. The number of nitrogens with zero attached hydrogens (tertiary/aromatic N) is 2. The molecule has 0 saturated carbocycles. The van der Waals surface area contributed by atoms with Gasteiger partial charge in [0.25, 0.3) is 0 Å². The minimum absolute atomic E-state index is 0.000835. The SMILES string of the molecule is CCCCCCCCC(=O)OCC(COC(=O)CCCCCCC)OC(=O)CCN(C=[SH]CCCN(C)C)CCC(=O)OC(CO)CO. The summed E-state index contributed by atoms with van der Waals surface area (Å²) in [5.74, 6) is -0.968. The van der Waals surface area contributed by atoms with E-state index in [4.69, 9.17) is 18.9 Å². The molecule has 0 aliphatic heterocycles. The molecule has 282 valence electrons. The lowest BCUT2D eigenvalue weighted by molar-refractivity contribution is -0.167. The molecule has 12 nitrogen and oxygen atoms in total. The number of aliphatic hydroxyl groups excluding tert-OH is 2. The summed E-state index contributed by atoms with van der Waals surface area (Å²) < 4.78 is 21.5. The molecule has 0 aromatic rings. The highest BCUT2D eigenvalue weighted by atomic mass is 32.1. The fourth-order valence-corrected chi connectivity index (χ4v) is 5.43. The highest BCUT2D eigenvalue weighted by Gasteiger charge is 2.21. The number of unbranched alkanes of at least 4 members (excludes halogenated alkanes) is 9. The van der Waals surface area contributed by atoms with Gasteiger partial charge in [0.15, 0.2) is 6.10 Å². The van der Waals surface area contributed by atoms with Crippen LogP contribution < -0.4 is 0 Å². The van der Waals surface area contributed by atoms with E-state index in [1.807, 2.05) is 24.5 Å². The van der Waals surface area contributed by atoms with Crippen LogP contribution in [0.3, 0.4) is 0 Å². The second-order valence-electron chi connectivity index (χ2n) is 12.4. The lowest BCUT2D eigenvalue weighted by atomic mass is 10.1. The van der Waals surface area contributed by atoms with E-state index in [0.717, 1.165) is 94.3 Å². The van der Waals surface area contributed by atoms with Crippen LogP contribution in [-0.2, 0) is 38.1 Å². The number of carbonyl (C=O) groups is 4. The minimum Gasteiger partial charge on any atom is -0.462 e. The van der Waals surface area contributed by atoms with Gasteiger partial charge in [0.2, 0.25) is 0 Å². The second-order valence-corrected chi connectivity index (χ2v) is 13.4. The Labute approximate surface area is 293 Å². The average molecular weight is 707 g/mol. The van der Waals surface area contributed by atoms with Crippen molar-refractivity contribution in [2.75, 3.05) is 65.9 Å². The monoisotopic (exact) mass is 706 g/mol. The molecule has 48 heavy (non-hydrogen) atoms. The molecule has 1 unspecified atom stereocenters. The third-order valence-corrected chi connectivity index (χ3v) is 8.49. The van der Waals surface area contributed by atoms with E-state index in [-0.39, 0.29) is 63.9 Å². The lowest BCUT2D eigenvalue weighted by Crippen LogP contribution is -2.33. The van der Waals surface area contributed by atoms with E-state index < -0.39 is 37.4 Å². The molecule has 0 rings (SSSR count). The summed E-state index contributed by atoms with van der Waals surface area (Å²) in [5.41, 5.74) is 1.93. The Hall–Kier alpha value is -2.06. The minimum atomic E-state index is -0.971. The van der Waals surface area contributed by atoms with Crippen molar-refractivity contribution in [2.45, 2.75) is 129 Å². The van der Waals surface area contributed by atoms with Crippen LogP contribution in [0.5, 0.6) is 0 Å². The molecule has 1 atom stereocenters. The van der Waals surface area contributed by atoms with E-state index in [1.54, 1.807) is 0 Å². The molecule has 13 heteroatoms. The lowest BCUT2D eigenvalue weighted by Gasteiger charge is -2.21. The first-order valence-electron chi connectivity index (χ1n) is 18.0. The van der Waals surface area contributed by atoms with Gasteiger partial charge in [-0.1, -0.05) is 71.6 Å². The van der Waals surface area contributed by atoms with Crippen LogP contribution in [0.2, 0.25) is 0 Å². The molecule has 0 amide bonds. The predicted octanol–water partition coefficient (Wildman–Crippen LogP) is 4.25. The Morgan fingerprint density at radius 2 is 1.06 bits per heavy atom. The molecule has 0 radical (unpaired) electrons. The molecule has 2 N–H and O–H groups in total. The Morgan fingerprint density at radius 1 is 0.604 bits per heavy atom. The molecule has 0 aliphatic carbocycles. The summed E-state index contributed by atoms with van der Waals surface area (Å²) >= 11 is 1.02. The van der Waals surface area contributed by atoms with E-state index in [0.29, 0.717) is 0 Å². The van der Waals surface area contributed by atoms with Gasteiger partial charge in [0.1, 0.15) is 19.3 Å². The van der Waals surface area contributed by atoms with E-state index >= 15 is 0 Å². The first-order valence-corrected chi connectivity index (χ1v) is 19.1. The van der Waals surface area contributed by atoms with Gasteiger partial charge in [-0.15, -0.1) is 0 Å². The van der Waals surface area contributed by atoms with Crippen molar-refractivity contribution in [1.82, 2.24) is 9.80 Å². The van der Waals surface area contributed by atoms with Crippen LogP contribution >= 0.6 is 11.4 Å². The van der Waals surface area contributed by atoms with E-state index in [1.165, 1.54) is 6.42 Å². The van der Waals surface area contributed by atoms with Crippen molar-refractivity contribution in [2.24, 2.45) is 0 Å². The van der Waals surface area contributed by atoms with Gasteiger partial charge < -0.3 is 34.1 Å². The number of esters is 4. The first-order chi connectivity index (χ1) is 23.1. The molecule has 0 fully saturated rings. The fourth-order valence-electron chi connectivity index (χ4n) is 4.53. The summed E-state index contributed by atoms with van der Waals surface area (Å²) in [4.78, 5) is 53.8. The average Bonchev–Trinajstić information content (AvgIpc) is 3.06. The Morgan fingerprint density at radius 3 is 1.52 bits per heavy atom. The Bertz CT molecular complexity index is 870. The van der Waals surface area contributed by atoms with Crippen molar-refractivity contribution in [3.8, 4) is 0 Å². The predicted molar refractivity (Wildman–Crippen MR) is 191 cm³/mol. The largest absolute Gasteiger partial charge is 0.462 e. The second kappa shape index (κ2) is 32.2. The number of ether oxygens (including phenoxy) is 4. The molecule has 0 saturated heterocycles. The van der Waals surface area contributed by atoms with Gasteiger partial charge in [0, 0.05) is 31.4 Å². The van der Waals surface area contributed by atoms with Crippen LogP contribution in [0.15, 0.2) is 0 Å². The number of hydrogen-bond donors (Lipinski definition) is 3. The highest BCUT2D eigenvalue weighted by Crippen LogP contribution is 2.10. The topological polar surface area (TPSA) is 152 Å². The van der Waals surface area contributed by atoms with Crippen LogP contribution in [0.4, 0.5) is 0 Å². The van der Waals surface area contributed by atoms with Gasteiger partial charge >= 0.3 is 23.9 Å². The quantitative estimate of drug-likeness (QED) is 0.0302. The van der Waals surface area contributed by atoms with Crippen LogP contribution in [0.1, 0.15) is 117 Å². The summed E-state index contributed by atoms with van der Waals surface area (Å²) in [7, 11) is 4.02. The normalized spacial score (nSPS) is 12.4. The van der Waals surface area contributed by atoms with Gasteiger partial charge in [-0.3, -0.25) is 24.1 Å². The molecular formula is C35H66N2O10S. The van der Waals surface area contributed by atoms with Crippen LogP contribution in [0, 0.1) is 0 Å². The van der Waals surface area contributed by atoms with Crippen molar-refractivity contribution < 1.29 is 48.3 Å². The maximum atomic E-state index is 12.9. The van der Waals surface area contributed by atoms with E-state index in [2.05, 4.69) is 18.7 Å². The van der Waals surface area contributed by atoms with Gasteiger partial charge in [-0.2, -0.15) is 11.4 Å². The van der Waals surface area contributed by atoms with Crippen LogP contribution in [-0.4, -0.2) is 127 Å². The van der Waals surface area contributed by atoms with Crippen molar-refractivity contribution in [3.05, 3.63) is 0 Å². The Balaban J connectivity index is 5.15. The summed E-state index contributed by atoms with van der Waals surface area (Å²) in [6, 6.07) is 0. The highest BCUT2D eigenvalue weighted by molar-refractivity contribution is 7.97. The first kappa shape index (κ1) is 45.9. The zero-order valence-corrected chi connectivity index (χ0v) is 31.1. The zero-order valence-electron chi connectivity index (χ0n) is 30.2. The zero-order chi connectivity index (χ0) is 35.8. The summed E-state index contributed by atoms with van der Waals surface area (Å²) in [5, 5.41) is 18.4. The molecule has 0 spiro atoms. The third kappa shape index (κ3) is 28.9. The number of rotatable bonds is 32. The van der Waals surface area contributed by atoms with Crippen molar-refractivity contribution in [3.63, 3.8) is 0 Å². The fraction of sp³-hybridized carbons (Fsp3) is 0.857. The summed E-state index contributed by atoms with van der Waals surface area (Å²) in [6.07, 6.45) is 10.9. The molecule has 0 aromatic carbocycles. The number of aliphatic hydroxyl groups is 2. The molecule has 0 heterocycles. The van der Waals surface area contributed by atoms with Gasteiger partial charge in [0.05, 0.1) is 26.1 Å². The van der Waals surface area contributed by atoms with Gasteiger partial charge in [-0.25, -0.2) is 0 Å². The number of hydrogen-bond acceptors (Lipinski definition) is 11. The summed E-state index contributed by atoms with van der Waals surface area (Å²) in [6.45, 7) is 4.41. The maximum absolute atomic E-state index is 12.9. The van der Waals surface area contributed by atoms with Crippen molar-refractivity contribution >= 4 is 40.7 Å². The van der Waals surface area contributed by atoms with Crippen molar-refractivity contribution in [1.29, 1.82) is 0 Å². The maximum Gasteiger partial charge on any atom is 0.307 e. The smallest absolute Gasteiger partial charge is 0.307 e.